The minimum atomic E-state index is -0.391. The van der Waals surface area contributed by atoms with E-state index in [0.717, 1.165) is 10.1 Å². The fourth-order valence-electron chi connectivity index (χ4n) is 1.77. The Morgan fingerprint density at radius 2 is 2.12 bits per heavy atom. The number of hydrogen-bond donors (Lipinski definition) is 2. The molecule has 0 atom stereocenters. The molecule has 0 saturated heterocycles. The molecule has 0 amide bonds. The van der Waals surface area contributed by atoms with E-state index >= 15 is 0 Å². The van der Waals surface area contributed by atoms with Crippen molar-refractivity contribution in [3.05, 3.63) is 44.6 Å². The Kier molecular flexibility index (Phi) is 2.62. The Hall–Kier alpha value is -1.88. The molecule has 84 valence electrons. The lowest BCUT2D eigenvalue weighted by molar-refractivity contribution is 0.573. The van der Waals surface area contributed by atoms with Gasteiger partial charge < -0.3 is 10.3 Å². The molecule has 0 saturated carbocycles. The molecule has 5 heteroatoms. The summed E-state index contributed by atoms with van der Waals surface area (Å²) in [5, 5.41) is 3.36. The molecule has 0 aliphatic carbocycles. The molecule has 2 aromatic rings. The van der Waals surface area contributed by atoms with Crippen LogP contribution in [-0.4, -0.2) is 16.6 Å². The van der Waals surface area contributed by atoms with Crippen LogP contribution in [-0.2, 0) is 6.67 Å². The number of nitrogens with one attached hydrogen (secondary N) is 2. The number of rotatable bonds is 2. The fraction of sp³-hybridized carbons (Fsp3) is 0.273. The van der Waals surface area contributed by atoms with Crippen molar-refractivity contribution in [2.24, 2.45) is 0 Å². The van der Waals surface area contributed by atoms with E-state index in [-0.39, 0.29) is 12.2 Å². The maximum atomic E-state index is 12.1. The molecule has 0 spiro atoms. The highest BCUT2D eigenvalue weighted by atomic mass is 16.2. The number of aromatic nitrogens is 2. The SMILES string of the molecule is CNCn1c(=O)[nH]c2cccc(C)c2c1=O. The van der Waals surface area contributed by atoms with Gasteiger partial charge in [0.2, 0.25) is 0 Å². The summed E-state index contributed by atoms with van der Waals surface area (Å²) in [6.45, 7) is 2.06. The van der Waals surface area contributed by atoms with Crippen molar-refractivity contribution in [3.8, 4) is 0 Å². The van der Waals surface area contributed by atoms with Crippen LogP contribution in [0.1, 0.15) is 5.56 Å². The van der Waals surface area contributed by atoms with Crippen molar-refractivity contribution >= 4 is 10.9 Å². The van der Waals surface area contributed by atoms with Crippen molar-refractivity contribution < 1.29 is 0 Å². The molecule has 0 unspecified atom stereocenters. The largest absolute Gasteiger partial charge is 0.329 e. The highest BCUT2D eigenvalue weighted by molar-refractivity contribution is 5.80. The molecule has 1 aromatic carbocycles. The lowest BCUT2D eigenvalue weighted by Gasteiger charge is -2.06. The van der Waals surface area contributed by atoms with Crippen LogP contribution >= 0.6 is 0 Å². The molecule has 2 N–H and O–H groups in total. The second-order valence-electron chi connectivity index (χ2n) is 3.67. The fourth-order valence-corrected chi connectivity index (χ4v) is 1.77. The number of aromatic amines is 1. The van der Waals surface area contributed by atoms with Gasteiger partial charge in [0, 0.05) is 0 Å². The van der Waals surface area contributed by atoms with Gasteiger partial charge in [0.05, 0.1) is 17.6 Å². The molecule has 1 heterocycles. The van der Waals surface area contributed by atoms with Crippen molar-refractivity contribution in [1.29, 1.82) is 0 Å². The van der Waals surface area contributed by atoms with E-state index in [0.29, 0.717) is 10.9 Å². The van der Waals surface area contributed by atoms with E-state index in [1.54, 1.807) is 13.1 Å². The minimum Gasteiger partial charge on any atom is -0.307 e. The highest BCUT2D eigenvalue weighted by Gasteiger charge is 2.07. The Balaban J connectivity index is 2.92. The topological polar surface area (TPSA) is 66.9 Å². The molecule has 5 nitrogen and oxygen atoms in total. The minimum absolute atomic E-state index is 0.207. The normalized spacial score (nSPS) is 10.9. The Morgan fingerprint density at radius 1 is 1.38 bits per heavy atom. The maximum Gasteiger partial charge on any atom is 0.329 e. The zero-order valence-corrected chi connectivity index (χ0v) is 9.20. The van der Waals surface area contributed by atoms with Gasteiger partial charge in [-0.1, -0.05) is 12.1 Å². The number of H-pyrrole nitrogens is 1. The van der Waals surface area contributed by atoms with E-state index in [1.165, 1.54) is 0 Å². The van der Waals surface area contributed by atoms with Crippen molar-refractivity contribution in [3.63, 3.8) is 0 Å². The van der Waals surface area contributed by atoms with Crippen molar-refractivity contribution in [1.82, 2.24) is 14.9 Å². The van der Waals surface area contributed by atoms with E-state index in [1.807, 2.05) is 19.1 Å². The average molecular weight is 219 g/mol. The van der Waals surface area contributed by atoms with Gasteiger partial charge in [-0.05, 0) is 25.6 Å². The summed E-state index contributed by atoms with van der Waals surface area (Å²) >= 11 is 0. The summed E-state index contributed by atoms with van der Waals surface area (Å²) in [6, 6.07) is 5.40. The van der Waals surface area contributed by atoms with Crippen molar-refractivity contribution in [2.75, 3.05) is 7.05 Å². The van der Waals surface area contributed by atoms with E-state index in [4.69, 9.17) is 0 Å². The van der Waals surface area contributed by atoms with Crippen LogP contribution in [0.25, 0.3) is 10.9 Å². The predicted molar refractivity (Wildman–Crippen MR) is 62.6 cm³/mol. The predicted octanol–water partition coefficient (Wildman–Crippen LogP) is 0.175. The molecule has 1 aromatic heterocycles. The van der Waals surface area contributed by atoms with Gasteiger partial charge in [0.1, 0.15) is 0 Å². The monoisotopic (exact) mass is 219 g/mol. The zero-order valence-electron chi connectivity index (χ0n) is 9.20. The number of hydrogen-bond acceptors (Lipinski definition) is 3. The van der Waals surface area contributed by atoms with Crippen LogP contribution in [0.5, 0.6) is 0 Å². The quantitative estimate of drug-likeness (QED) is 0.757. The van der Waals surface area contributed by atoms with Gasteiger partial charge in [-0.3, -0.25) is 4.79 Å². The molecule has 0 bridgehead atoms. The molecule has 0 fully saturated rings. The van der Waals surface area contributed by atoms with Crippen LogP contribution in [0, 0.1) is 6.92 Å². The summed E-state index contributed by atoms with van der Waals surface area (Å²) in [4.78, 5) is 26.4. The van der Waals surface area contributed by atoms with Gasteiger partial charge in [-0.2, -0.15) is 0 Å². The molecule has 0 radical (unpaired) electrons. The number of nitrogens with zero attached hydrogens (tertiary/aromatic N) is 1. The third-order valence-electron chi connectivity index (χ3n) is 2.53. The van der Waals surface area contributed by atoms with Gasteiger partial charge in [0.15, 0.2) is 0 Å². The number of aryl methyl sites for hydroxylation is 1. The Labute approximate surface area is 91.7 Å². The summed E-state index contributed by atoms with van der Waals surface area (Å²) in [5.74, 6) is 0. The summed E-state index contributed by atoms with van der Waals surface area (Å²) in [6.07, 6.45) is 0. The maximum absolute atomic E-state index is 12.1. The Bertz CT molecular complexity index is 640. The summed E-state index contributed by atoms with van der Waals surface area (Å²) in [5.41, 5.74) is 0.801. The van der Waals surface area contributed by atoms with Gasteiger partial charge in [0.25, 0.3) is 5.56 Å². The highest BCUT2D eigenvalue weighted by Crippen LogP contribution is 2.09. The van der Waals surface area contributed by atoms with Crippen LogP contribution in [0.4, 0.5) is 0 Å². The first kappa shape index (κ1) is 10.6. The van der Waals surface area contributed by atoms with E-state index < -0.39 is 5.69 Å². The van der Waals surface area contributed by atoms with E-state index in [9.17, 15) is 9.59 Å². The molecule has 2 rings (SSSR count). The third-order valence-corrected chi connectivity index (χ3v) is 2.53. The first-order valence-corrected chi connectivity index (χ1v) is 5.02. The van der Waals surface area contributed by atoms with Crippen LogP contribution in [0.15, 0.2) is 27.8 Å². The van der Waals surface area contributed by atoms with Crippen LogP contribution in [0.3, 0.4) is 0 Å². The lowest BCUT2D eigenvalue weighted by Crippen LogP contribution is -2.38. The molecule has 0 aliphatic rings. The zero-order chi connectivity index (χ0) is 11.7. The average Bonchev–Trinajstić information content (AvgIpc) is 2.24. The van der Waals surface area contributed by atoms with Gasteiger partial charge in [-0.25, -0.2) is 9.36 Å². The third kappa shape index (κ3) is 1.55. The summed E-state index contributed by atoms with van der Waals surface area (Å²) < 4.78 is 1.15. The lowest BCUT2D eigenvalue weighted by atomic mass is 10.1. The van der Waals surface area contributed by atoms with Crippen molar-refractivity contribution in [2.45, 2.75) is 13.6 Å². The Morgan fingerprint density at radius 3 is 2.81 bits per heavy atom. The standard InChI is InChI=1S/C11H13N3O2/c1-7-4-3-5-8-9(7)10(15)14(6-12-2)11(16)13-8/h3-5,12H,6H2,1-2H3,(H,13,16). The first-order chi connectivity index (χ1) is 7.65. The first-order valence-electron chi connectivity index (χ1n) is 5.02. The second kappa shape index (κ2) is 3.94. The smallest absolute Gasteiger partial charge is 0.307 e. The van der Waals surface area contributed by atoms with Crippen LogP contribution < -0.4 is 16.6 Å². The van der Waals surface area contributed by atoms with Gasteiger partial charge >= 0.3 is 5.69 Å². The van der Waals surface area contributed by atoms with E-state index in [2.05, 4.69) is 10.3 Å². The summed E-state index contributed by atoms with van der Waals surface area (Å²) in [7, 11) is 1.69. The molecular weight excluding hydrogens is 206 g/mol. The number of fused-ring (bicyclic) bond motifs is 1. The molecule has 16 heavy (non-hydrogen) atoms. The van der Waals surface area contributed by atoms with Crippen LogP contribution in [0.2, 0.25) is 0 Å². The molecular formula is C11H13N3O2. The number of benzene rings is 1. The molecule has 0 aliphatic heterocycles. The second-order valence-corrected chi connectivity index (χ2v) is 3.67. The van der Waals surface area contributed by atoms with Gasteiger partial charge in [-0.15, -0.1) is 0 Å².